The second-order valence-corrected chi connectivity index (χ2v) is 6.86. The number of sulfonamides is 1. The Bertz CT molecular complexity index is 630. The van der Waals surface area contributed by atoms with Crippen LogP contribution in [0, 0.1) is 0 Å². The molecule has 1 unspecified atom stereocenters. The Morgan fingerprint density at radius 3 is 2.86 bits per heavy atom. The maximum absolute atomic E-state index is 11.9. The van der Waals surface area contributed by atoms with Gasteiger partial charge in [0.15, 0.2) is 6.10 Å². The summed E-state index contributed by atoms with van der Waals surface area (Å²) in [7, 11) is -3.36. The summed E-state index contributed by atoms with van der Waals surface area (Å²) in [5.74, 6) is 0. The summed E-state index contributed by atoms with van der Waals surface area (Å²) in [5.41, 5.74) is 5.77. The Morgan fingerprint density at radius 2 is 2.27 bits per heavy atom. The van der Waals surface area contributed by atoms with Gasteiger partial charge in [-0.25, -0.2) is 13.2 Å². The van der Waals surface area contributed by atoms with Crippen LogP contribution < -0.4 is 10.5 Å². The molecule has 2 rings (SSSR count). The van der Waals surface area contributed by atoms with E-state index in [1.165, 1.54) is 18.3 Å². The molecule has 0 bridgehead atoms. The number of anilines is 1. The zero-order chi connectivity index (χ0) is 16.2. The van der Waals surface area contributed by atoms with E-state index < -0.39 is 22.2 Å². The van der Waals surface area contributed by atoms with Crippen LogP contribution in [0.1, 0.15) is 31.6 Å². The van der Waals surface area contributed by atoms with E-state index in [9.17, 15) is 13.2 Å². The number of pyridine rings is 1. The lowest BCUT2D eigenvalue weighted by atomic mass is 10.2. The first-order valence-electron chi connectivity index (χ1n) is 6.93. The van der Waals surface area contributed by atoms with E-state index in [2.05, 4.69) is 9.71 Å². The predicted octanol–water partition coefficient (Wildman–Crippen LogP) is 1.16. The number of hydrogen-bond donors (Lipinski definition) is 2. The minimum atomic E-state index is -3.36. The molecule has 0 spiro atoms. The van der Waals surface area contributed by atoms with E-state index in [1.807, 2.05) is 0 Å². The zero-order valence-electron chi connectivity index (χ0n) is 12.2. The number of nitrogens with zero attached hydrogens (tertiary/aromatic N) is 1. The summed E-state index contributed by atoms with van der Waals surface area (Å²) in [6.07, 6.45) is 1.04. The molecule has 1 atom stereocenters. The first kappa shape index (κ1) is 16.5. The molecule has 1 aliphatic rings. The molecule has 0 radical (unpaired) electrons. The molecule has 1 amide bonds. The van der Waals surface area contributed by atoms with E-state index in [0.717, 1.165) is 0 Å². The molecule has 8 nitrogen and oxygen atoms in total. The van der Waals surface area contributed by atoms with Gasteiger partial charge in [-0.15, -0.1) is 0 Å². The molecular formula is C13H19N3O5S. The molecule has 9 heteroatoms. The highest BCUT2D eigenvalue weighted by Gasteiger charge is 2.35. The van der Waals surface area contributed by atoms with Gasteiger partial charge in [-0.1, -0.05) is 0 Å². The van der Waals surface area contributed by atoms with Gasteiger partial charge in [-0.05, 0) is 31.9 Å². The topological polar surface area (TPSA) is 121 Å². The minimum Gasteiger partial charge on any atom is -0.437 e. The van der Waals surface area contributed by atoms with Crippen LogP contribution >= 0.6 is 0 Å². The van der Waals surface area contributed by atoms with Gasteiger partial charge in [-0.2, -0.15) is 0 Å². The Labute approximate surface area is 129 Å². The van der Waals surface area contributed by atoms with Crippen LogP contribution in [0.3, 0.4) is 0 Å². The Morgan fingerprint density at radius 1 is 1.55 bits per heavy atom. The lowest BCUT2D eigenvalue weighted by Gasteiger charge is -2.17. The summed E-state index contributed by atoms with van der Waals surface area (Å²) in [6.45, 7) is 2.33. The van der Waals surface area contributed by atoms with Crippen molar-refractivity contribution in [2.24, 2.45) is 5.73 Å². The van der Waals surface area contributed by atoms with E-state index in [1.54, 1.807) is 6.92 Å². The van der Waals surface area contributed by atoms with E-state index in [4.69, 9.17) is 15.2 Å². The highest BCUT2D eigenvalue weighted by molar-refractivity contribution is 7.93. The van der Waals surface area contributed by atoms with E-state index in [0.29, 0.717) is 30.8 Å². The molecule has 1 aromatic rings. The lowest BCUT2D eigenvalue weighted by molar-refractivity contribution is 0.0249. The number of nitrogens with two attached hydrogens (primary N) is 1. The van der Waals surface area contributed by atoms with Gasteiger partial charge in [0, 0.05) is 12.8 Å². The van der Waals surface area contributed by atoms with Gasteiger partial charge in [0.25, 0.3) is 0 Å². The number of primary amides is 1. The van der Waals surface area contributed by atoms with Crippen LogP contribution in [0.15, 0.2) is 18.3 Å². The predicted molar refractivity (Wildman–Crippen MR) is 79.7 cm³/mol. The summed E-state index contributed by atoms with van der Waals surface area (Å²) in [6, 6.07) is 3.04. The normalized spacial score (nSPS) is 16.0. The average Bonchev–Trinajstić information content (AvgIpc) is 3.28. The Balaban J connectivity index is 2.15. The maximum Gasteiger partial charge on any atom is 0.405 e. The Kier molecular flexibility index (Phi) is 5.19. The number of nitrogens with one attached hydrogen (secondary N) is 1. The number of aromatic nitrogens is 1. The fraction of sp³-hybridized carbons (Fsp3) is 0.538. The van der Waals surface area contributed by atoms with Gasteiger partial charge in [0.05, 0.1) is 23.2 Å². The van der Waals surface area contributed by atoms with Crippen molar-refractivity contribution in [3.8, 4) is 0 Å². The lowest BCUT2D eigenvalue weighted by Crippen LogP contribution is -2.22. The summed E-state index contributed by atoms with van der Waals surface area (Å²) >= 11 is 0. The zero-order valence-corrected chi connectivity index (χ0v) is 13.0. The van der Waals surface area contributed by atoms with Crippen LogP contribution in [0.4, 0.5) is 10.5 Å². The number of rotatable bonds is 8. The SMILES string of the molecule is CCOCC(OC(N)=O)c1cc(NS(=O)(=O)C2CC2)ccn1. The number of ether oxygens (including phenoxy) is 2. The van der Waals surface area contributed by atoms with Gasteiger partial charge in [0.2, 0.25) is 10.0 Å². The summed E-state index contributed by atoms with van der Waals surface area (Å²) in [4.78, 5) is 15.1. The molecule has 1 heterocycles. The first-order chi connectivity index (χ1) is 10.4. The molecule has 1 fully saturated rings. The van der Waals surface area contributed by atoms with Gasteiger partial charge in [-0.3, -0.25) is 9.71 Å². The third-order valence-corrected chi connectivity index (χ3v) is 4.94. The van der Waals surface area contributed by atoms with Crippen molar-refractivity contribution in [1.29, 1.82) is 0 Å². The number of amides is 1. The molecule has 1 aliphatic carbocycles. The molecule has 0 aliphatic heterocycles. The van der Waals surface area contributed by atoms with E-state index >= 15 is 0 Å². The van der Waals surface area contributed by atoms with E-state index in [-0.39, 0.29) is 11.9 Å². The molecule has 0 aromatic carbocycles. The third-order valence-electron chi connectivity index (χ3n) is 3.07. The van der Waals surface area contributed by atoms with Crippen molar-refractivity contribution in [3.05, 3.63) is 24.0 Å². The maximum atomic E-state index is 11.9. The van der Waals surface area contributed by atoms with Gasteiger partial charge >= 0.3 is 6.09 Å². The van der Waals surface area contributed by atoms with Crippen molar-refractivity contribution in [1.82, 2.24) is 4.98 Å². The van der Waals surface area contributed by atoms with Crippen molar-refractivity contribution >= 4 is 21.8 Å². The third kappa shape index (κ3) is 4.57. The smallest absolute Gasteiger partial charge is 0.405 e. The Hall–Kier alpha value is -1.87. The molecule has 3 N–H and O–H groups in total. The standard InChI is InChI=1S/C13H19N3O5S/c1-2-20-8-12(21-13(14)17)11-7-9(5-6-15-11)16-22(18,19)10-3-4-10/h5-7,10,12H,2-4,8H2,1H3,(H2,14,17)(H,15,16). The van der Waals surface area contributed by atoms with Crippen molar-refractivity contribution < 1.29 is 22.7 Å². The molecule has 0 saturated heterocycles. The molecular weight excluding hydrogens is 310 g/mol. The number of hydrogen-bond acceptors (Lipinski definition) is 6. The largest absolute Gasteiger partial charge is 0.437 e. The second kappa shape index (κ2) is 6.93. The van der Waals surface area contributed by atoms with Crippen molar-refractivity contribution in [3.63, 3.8) is 0 Å². The van der Waals surface area contributed by atoms with Crippen LogP contribution in [0.5, 0.6) is 0 Å². The monoisotopic (exact) mass is 329 g/mol. The highest BCUT2D eigenvalue weighted by atomic mass is 32.2. The summed E-state index contributed by atoms with van der Waals surface area (Å²) < 4.78 is 36.6. The van der Waals surface area contributed by atoms with Crippen LogP contribution in [0.25, 0.3) is 0 Å². The van der Waals surface area contributed by atoms with Gasteiger partial charge in [0.1, 0.15) is 0 Å². The molecule has 22 heavy (non-hydrogen) atoms. The molecule has 1 saturated carbocycles. The van der Waals surface area contributed by atoms with Crippen LogP contribution in [0.2, 0.25) is 0 Å². The van der Waals surface area contributed by atoms with Crippen LogP contribution in [-0.2, 0) is 19.5 Å². The quantitative estimate of drug-likeness (QED) is 0.738. The number of carbonyl (C=O) groups excluding carboxylic acids is 1. The average molecular weight is 329 g/mol. The second-order valence-electron chi connectivity index (χ2n) is 4.90. The molecule has 1 aromatic heterocycles. The fourth-order valence-corrected chi connectivity index (χ4v) is 3.24. The first-order valence-corrected chi connectivity index (χ1v) is 8.48. The summed E-state index contributed by atoms with van der Waals surface area (Å²) in [5, 5.41) is -0.329. The van der Waals surface area contributed by atoms with Gasteiger partial charge < -0.3 is 15.2 Å². The fourth-order valence-electron chi connectivity index (χ4n) is 1.86. The minimum absolute atomic E-state index is 0.0886. The van der Waals surface area contributed by atoms with Crippen molar-refractivity contribution in [2.45, 2.75) is 31.1 Å². The highest BCUT2D eigenvalue weighted by Crippen LogP contribution is 2.30. The molecule has 122 valence electrons. The van der Waals surface area contributed by atoms with Crippen LogP contribution in [-0.4, -0.2) is 38.0 Å². The van der Waals surface area contributed by atoms with Crippen molar-refractivity contribution in [2.75, 3.05) is 17.9 Å². The number of carbonyl (C=O) groups is 1.